The number of benzene rings is 1. The lowest BCUT2D eigenvalue weighted by Crippen LogP contribution is -2.04. The molecule has 0 bridgehead atoms. The molecule has 0 amide bonds. The molecule has 3 aromatic rings. The van der Waals surface area contributed by atoms with E-state index in [2.05, 4.69) is 26.0 Å². The molecule has 0 aliphatic carbocycles. The van der Waals surface area contributed by atoms with Crippen molar-refractivity contribution in [2.45, 2.75) is 12.8 Å². The van der Waals surface area contributed by atoms with E-state index in [1.54, 1.807) is 10.7 Å². The number of aryl methyl sites for hydroxylation is 2. The third kappa shape index (κ3) is 1.94. The second-order valence-electron chi connectivity index (χ2n) is 4.48. The Morgan fingerprint density at radius 3 is 2.80 bits per heavy atom. The molecule has 0 aliphatic rings. The van der Waals surface area contributed by atoms with Crippen molar-refractivity contribution in [1.29, 1.82) is 0 Å². The highest BCUT2D eigenvalue weighted by molar-refractivity contribution is 9.10. The molecular weight excluding hydrogens is 347 g/mol. The molecule has 0 fully saturated rings. The maximum atomic E-state index is 13.8. The number of fused-ring (bicyclic) bond motifs is 1. The van der Waals surface area contributed by atoms with Gasteiger partial charge in [0.05, 0.1) is 21.7 Å². The molecule has 0 saturated carbocycles. The molecule has 4 nitrogen and oxygen atoms in total. The molecule has 20 heavy (non-hydrogen) atoms. The Morgan fingerprint density at radius 1 is 1.40 bits per heavy atom. The molecule has 0 unspecified atom stereocenters. The fourth-order valence-corrected chi connectivity index (χ4v) is 2.73. The minimum absolute atomic E-state index is 0.242. The van der Waals surface area contributed by atoms with E-state index in [-0.39, 0.29) is 11.7 Å². The van der Waals surface area contributed by atoms with E-state index in [9.17, 15) is 4.39 Å². The third-order valence-corrected chi connectivity index (χ3v) is 4.03. The van der Waals surface area contributed by atoms with Gasteiger partial charge in [0, 0.05) is 7.05 Å². The first-order valence-electron chi connectivity index (χ1n) is 5.95. The number of aromatic nitrogens is 4. The van der Waals surface area contributed by atoms with Gasteiger partial charge in [-0.05, 0) is 41.1 Å². The van der Waals surface area contributed by atoms with E-state index >= 15 is 0 Å². The summed E-state index contributed by atoms with van der Waals surface area (Å²) in [5.74, 6) is 0.578. The second-order valence-corrected chi connectivity index (χ2v) is 5.60. The number of alkyl halides is 1. The van der Waals surface area contributed by atoms with E-state index in [0.717, 1.165) is 16.9 Å². The van der Waals surface area contributed by atoms with E-state index in [0.29, 0.717) is 16.0 Å². The van der Waals surface area contributed by atoms with Gasteiger partial charge in [0.25, 0.3) is 0 Å². The summed E-state index contributed by atoms with van der Waals surface area (Å²) in [6.45, 7) is 1.89. The summed E-state index contributed by atoms with van der Waals surface area (Å²) in [7, 11) is 1.83. The van der Waals surface area contributed by atoms with Gasteiger partial charge in [-0.15, -0.1) is 11.6 Å². The zero-order valence-electron chi connectivity index (χ0n) is 10.9. The largest absolute Gasteiger partial charge is 0.280 e. The molecule has 104 valence electrons. The van der Waals surface area contributed by atoms with Gasteiger partial charge in [-0.2, -0.15) is 5.10 Å². The van der Waals surface area contributed by atoms with Crippen LogP contribution in [0.4, 0.5) is 4.39 Å². The summed E-state index contributed by atoms with van der Waals surface area (Å²) in [4.78, 5) is 4.49. The number of nitrogens with zero attached hydrogens (tertiary/aromatic N) is 4. The van der Waals surface area contributed by atoms with Gasteiger partial charge in [-0.1, -0.05) is 0 Å². The van der Waals surface area contributed by atoms with E-state index in [4.69, 9.17) is 11.6 Å². The minimum Gasteiger partial charge on any atom is -0.280 e. The van der Waals surface area contributed by atoms with Crippen molar-refractivity contribution >= 4 is 38.7 Å². The van der Waals surface area contributed by atoms with Crippen molar-refractivity contribution in [3.05, 3.63) is 40.0 Å². The molecule has 1 aromatic carbocycles. The highest BCUT2D eigenvalue weighted by atomic mass is 79.9. The average Bonchev–Trinajstić information content (AvgIpc) is 2.92. The lowest BCUT2D eigenvalue weighted by atomic mass is 10.3. The summed E-state index contributed by atoms with van der Waals surface area (Å²) in [5.41, 5.74) is 3.09. The molecule has 2 aromatic heterocycles. The summed E-state index contributed by atoms with van der Waals surface area (Å²) in [5, 5.41) is 4.34. The standard InChI is InChI=1S/C13H11BrClFN4/c1-7-12-13(19(2)18-7)20(11(6-15)17-12)8-3-4-9(14)10(16)5-8/h3-5H,6H2,1-2H3. The molecule has 0 radical (unpaired) electrons. The second kappa shape index (κ2) is 4.86. The van der Waals surface area contributed by atoms with Crippen LogP contribution in [0.2, 0.25) is 0 Å². The molecule has 0 saturated heterocycles. The van der Waals surface area contributed by atoms with Gasteiger partial charge >= 0.3 is 0 Å². The van der Waals surface area contributed by atoms with Gasteiger partial charge in [0.2, 0.25) is 0 Å². The van der Waals surface area contributed by atoms with Crippen molar-refractivity contribution in [2.75, 3.05) is 0 Å². The first kappa shape index (κ1) is 13.6. The summed E-state index contributed by atoms with van der Waals surface area (Å²) >= 11 is 9.12. The van der Waals surface area contributed by atoms with Crippen molar-refractivity contribution in [3.8, 4) is 5.69 Å². The minimum atomic E-state index is -0.330. The van der Waals surface area contributed by atoms with Gasteiger partial charge in [-0.25, -0.2) is 14.1 Å². The Morgan fingerprint density at radius 2 is 2.15 bits per heavy atom. The van der Waals surface area contributed by atoms with E-state index < -0.39 is 0 Å². The smallest absolute Gasteiger partial charge is 0.163 e. The number of imidazole rings is 1. The zero-order valence-corrected chi connectivity index (χ0v) is 13.2. The molecular formula is C13H11BrClFN4. The van der Waals surface area contributed by atoms with Crippen LogP contribution >= 0.6 is 27.5 Å². The van der Waals surface area contributed by atoms with E-state index in [1.807, 2.05) is 24.6 Å². The van der Waals surface area contributed by atoms with Crippen molar-refractivity contribution < 1.29 is 4.39 Å². The summed E-state index contributed by atoms with van der Waals surface area (Å²) in [6, 6.07) is 4.92. The predicted octanol–water partition coefficient (Wildman–Crippen LogP) is 3.71. The SMILES string of the molecule is Cc1nn(C)c2c1nc(CCl)n2-c1ccc(Br)c(F)c1. The fourth-order valence-electron chi connectivity index (χ4n) is 2.30. The maximum Gasteiger partial charge on any atom is 0.163 e. The van der Waals surface area contributed by atoms with Crippen LogP contribution in [0.5, 0.6) is 0 Å². The first-order chi connectivity index (χ1) is 9.52. The molecule has 0 spiro atoms. The van der Waals surface area contributed by atoms with Crippen LogP contribution in [0.25, 0.3) is 16.9 Å². The van der Waals surface area contributed by atoms with Crippen molar-refractivity contribution in [2.24, 2.45) is 7.05 Å². The Balaban J connectivity index is 2.36. The zero-order chi connectivity index (χ0) is 14.4. The normalized spacial score (nSPS) is 11.4. The van der Waals surface area contributed by atoms with Crippen molar-refractivity contribution in [1.82, 2.24) is 19.3 Å². The van der Waals surface area contributed by atoms with Crippen LogP contribution in [0.3, 0.4) is 0 Å². The van der Waals surface area contributed by atoms with Crippen LogP contribution in [-0.4, -0.2) is 19.3 Å². The number of hydrogen-bond acceptors (Lipinski definition) is 2. The molecule has 2 heterocycles. The Kier molecular flexibility index (Phi) is 3.30. The quantitative estimate of drug-likeness (QED) is 0.656. The van der Waals surface area contributed by atoms with Crippen LogP contribution in [-0.2, 0) is 12.9 Å². The monoisotopic (exact) mass is 356 g/mol. The van der Waals surface area contributed by atoms with Crippen LogP contribution in [0.15, 0.2) is 22.7 Å². The predicted molar refractivity (Wildman–Crippen MR) is 79.8 cm³/mol. The number of rotatable bonds is 2. The Hall–Kier alpha value is -1.40. The summed E-state index contributed by atoms with van der Waals surface area (Å²) < 4.78 is 17.8. The topological polar surface area (TPSA) is 35.6 Å². The molecule has 3 rings (SSSR count). The van der Waals surface area contributed by atoms with Gasteiger partial charge in [-0.3, -0.25) is 4.57 Å². The third-order valence-electron chi connectivity index (χ3n) is 3.15. The van der Waals surface area contributed by atoms with Crippen LogP contribution in [0.1, 0.15) is 11.5 Å². The molecule has 0 N–H and O–H groups in total. The molecule has 0 aliphatic heterocycles. The first-order valence-corrected chi connectivity index (χ1v) is 7.28. The molecule has 7 heteroatoms. The van der Waals surface area contributed by atoms with Crippen LogP contribution in [0, 0.1) is 12.7 Å². The average molecular weight is 358 g/mol. The van der Waals surface area contributed by atoms with Gasteiger partial charge in [0.15, 0.2) is 5.65 Å². The Labute approximate surface area is 128 Å². The molecule has 0 atom stereocenters. The lowest BCUT2D eigenvalue weighted by molar-refractivity contribution is 0.619. The van der Waals surface area contributed by atoms with Crippen molar-refractivity contribution in [3.63, 3.8) is 0 Å². The highest BCUT2D eigenvalue weighted by Gasteiger charge is 2.18. The summed E-state index contributed by atoms with van der Waals surface area (Å²) in [6.07, 6.45) is 0. The lowest BCUT2D eigenvalue weighted by Gasteiger charge is -2.09. The highest BCUT2D eigenvalue weighted by Crippen LogP contribution is 2.26. The number of halogens is 3. The van der Waals surface area contributed by atoms with Gasteiger partial charge in [0.1, 0.15) is 17.2 Å². The maximum absolute atomic E-state index is 13.8. The fraction of sp³-hybridized carbons (Fsp3) is 0.231. The van der Waals surface area contributed by atoms with Gasteiger partial charge < -0.3 is 0 Å². The van der Waals surface area contributed by atoms with Crippen LogP contribution < -0.4 is 0 Å². The van der Waals surface area contributed by atoms with E-state index in [1.165, 1.54) is 6.07 Å². The Bertz CT molecular complexity index is 808. The number of hydrogen-bond donors (Lipinski definition) is 0.